The van der Waals surface area contributed by atoms with Crippen molar-refractivity contribution in [2.75, 3.05) is 6.66 Å². The normalized spacial score (nSPS) is 12.8. The molecular weight excluding hydrogens is 452 g/mol. The molecule has 0 aliphatic rings. The van der Waals surface area contributed by atoms with E-state index in [1.54, 1.807) is 18.3 Å². The van der Waals surface area contributed by atoms with Gasteiger partial charge in [0.2, 0.25) is 0 Å². The van der Waals surface area contributed by atoms with E-state index in [-0.39, 0.29) is 5.82 Å². The van der Waals surface area contributed by atoms with Crippen molar-refractivity contribution < 1.29 is 8.81 Å². The van der Waals surface area contributed by atoms with Gasteiger partial charge in [0, 0.05) is 0 Å². The molecule has 5 rings (SSSR count). The minimum absolute atomic E-state index is 0.292. The summed E-state index contributed by atoms with van der Waals surface area (Å²) in [5, 5.41) is 3.11. The average Bonchev–Trinajstić information content (AvgIpc) is 3.36. The third-order valence-electron chi connectivity index (χ3n) is 6.08. The van der Waals surface area contributed by atoms with Crippen LogP contribution < -0.4 is 15.9 Å². The fourth-order valence-corrected chi connectivity index (χ4v) is 9.18. The van der Waals surface area contributed by atoms with Crippen LogP contribution in [0.5, 0.6) is 0 Å². The Kier molecular flexibility index (Phi) is 5.40. The standard InChI is InChI=1S/C28H22ClFNOP/c1-33(29,23-10-4-2-5-11-23,24-12-6-3-7-13-24)27-15-9-8-14-25(27)28-31-20-26(32-28)21-16-18-22(30)19-17-21/h2-20H,1H3. The van der Waals surface area contributed by atoms with Gasteiger partial charge in [-0.2, -0.15) is 0 Å². The van der Waals surface area contributed by atoms with Gasteiger partial charge in [-0.3, -0.25) is 0 Å². The quantitative estimate of drug-likeness (QED) is 0.263. The maximum absolute atomic E-state index is 13.4. The van der Waals surface area contributed by atoms with Crippen LogP contribution in [0.2, 0.25) is 0 Å². The molecule has 5 heteroatoms. The van der Waals surface area contributed by atoms with E-state index in [0.717, 1.165) is 27.0 Å². The summed E-state index contributed by atoms with van der Waals surface area (Å²) in [6, 6.07) is 34.7. The predicted octanol–water partition coefficient (Wildman–Crippen LogP) is 6.76. The summed E-state index contributed by atoms with van der Waals surface area (Å²) in [6.07, 6.45) is 1.67. The molecule has 0 fully saturated rings. The molecule has 0 aliphatic heterocycles. The van der Waals surface area contributed by atoms with Crippen molar-refractivity contribution >= 4 is 33.1 Å². The van der Waals surface area contributed by atoms with Crippen LogP contribution in [0.3, 0.4) is 0 Å². The molecule has 0 unspecified atom stereocenters. The van der Waals surface area contributed by atoms with Gasteiger partial charge in [-0.05, 0) is 0 Å². The molecule has 0 radical (unpaired) electrons. The van der Waals surface area contributed by atoms with Gasteiger partial charge in [0.05, 0.1) is 0 Å². The second-order valence-electron chi connectivity index (χ2n) is 8.15. The molecule has 0 N–H and O–H groups in total. The van der Waals surface area contributed by atoms with Gasteiger partial charge < -0.3 is 0 Å². The van der Waals surface area contributed by atoms with Crippen molar-refractivity contribution in [2.45, 2.75) is 0 Å². The van der Waals surface area contributed by atoms with Gasteiger partial charge in [-0.15, -0.1) is 0 Å². The Morgan fingerprint density at radius 1 is 0.727 bits per heavy atom. The van der Waals surface area contributed by atoms with Gasteiger partial charge in [-0.1, -0.05) is 0 Å². The van der Waals surface area contributed by atoms with E-state index < -0.39 is 5.96 Å². The Morgan fingerprint density at radius 2 is 1.27 bits per heavy atom. The van der Waals surface area contributed by atoms with E-state index in [1.807, 2.05) is 54.6 Å². The van der Waals surface area contributed by atoms with Crippen LogP contribution in [0.25, 0.3) is 22.8 Å². The Hall–Kier alpha value is -3.26. The predicted molar refractivity (Wildman–Crippen MR) is 138 cm³/mol. The molecule has 1 aromatic heterocycles. The van der Waals surface area contributed by atoms with Crippen molar-refractivity contribution in [3.63, 3.8) is 0 Å². The third kappa shape index (κ3) is 3.68. The minimum atomic E-state index is -3.37. The van der Waals surface area contributed by atoms with Crippen molar-refractivity contribution in [2.24, 2.45) is 0 Å². The van der Waals surface area contributed by atoms with Crippen LogP contribution in [0.1, 0.15) is 0 Å². The fraction of sp³-hybridized carbons (Fsp3) is 0.0357. The van der Waals surface area contributed by atoms with E-state index >= 15 is 0 Å². The Morgan fingerprint density at radius 3 is 1.88 bits per heavy atom. The number of hydrogen-bond acceptors (Lipinski definition) is 2. The molecule has 0 aliphatic carbocycles. The summed E-state index contributed by atoms with van der Waals surface area (Å²) < 4.78 is 19.5. The molecular formula is C28H22ClFNOP. The van der Waals surface area contributed by atoms with Crippen LogP contribution in [0.4, 0.5) is 4.39 Å². The number of benzene rings is 4. The molecule has 5 aromatic rings. The second-order valence-corrected chi connectivity index (χ2v) is 15.1. The molecule has 0 atom stereocenters. The number of nitrogens with zero attached hydrogens (tertiary/aromatic N) is 1. The second kappa shape index (κ2) is 8.26. The summed E-state index contributed by atoms with van der Waals surface area (Å²) in [5.41, 5.74) is 1.60. The number of halogens is 2. The van der Waals surface area contributed by atoms with Crippen LogP contribution in [0.15, 0.2) is 120 Å². The van der Waals surface area contributed by atoms with E-state index in [2.05, 4.69) is 42.0 Å². The molecule has 0 saturated carbocycles. The maximum atomic E-state index is 13.4. The number of oxazole rings is 1. The monoisotopic (exact) mass is 473 g/mol. The molecule has 2 nitrogen and oxygen atoms in total. The van der Waals surface area contributed by atoms with Gasteiger partial charge in [0.15, 0.2) is 0 Å². The first-order chi connectivity index (χ1) is 16.0. The molecule has 0 spiro atoms. The number of rotatable bonds is 5. The number of aromatic nitrogens is 1. The zero-order valence-electron chi connectivity index (χ0n) is 18.0. The summed E-state index contributed by atoms with van der Waals surface area (Å²) in [4.78, 5) is 4.58. The Bertz CT molecular complexity index is 1360. The molecule has 0 saturated heterocycles. The summed E-state index contributed by atoms with van der Waals surface area (Å²) in [5.74, 6) is -2.61. The van der Waals surface area contributed by atoms with Crippen molar-refractivity contribution in [1.82, 2.24) is 4.98 Å². The van der Waals surface area contributed by atoms with E-state index in [0.29, 0.717) is 11.7 Å². The number of hydrogen-bond donors (Lipinski definition) is 0. The SMILES string of the molecule is CP(Cl)(c1ccccc1)(c1ccccc1)c1ccccc1-c1ncc(-c2ccc(F)cc2)o1. The van der Waals surface area contributed by atoms with Crippen LogP contribution in [-0.2, 0) is 0 Å². The van der Waals surface area contributed by atoms with Gasteiger partial charge >= 0.3 is 198 Å². The summed E-state index contributed by atoms with van der Waals surface area (Å²) >= 11 is 7.89. The molecule has 1 heterocycles. The van der Waals surface area contributed by atoms with Crippen LogP contribution in [-0.4, -0.2) is 11.6 Å². The van der Waals surface area contributed by atoms with Gasteiger partial charge in [0.25, 0.3) is 0 Å². The summed E-state index contributed by atoms with van der Waals surface area (Å²) in [6.45, 7) is 2.15. The zero-order valence-corrected chi connectivity index (χ0v) is 19.7. The van der Waals surface area contributed by atoms with Crippen molar-refractivity contribution in [3.8, 4) is 22.8 Å². The van der Waals surface area contributed by atoms with E-state index in [1.165, 1.54) is 12.1 Å². The first-order valence-corrected chi connectivity index (χ1v) is 14.2. The van der Waals surface area contributed by atoms with Gasteiger partial charge in [0.1, 0.15) is 0 Å². The molecule has 4 aromatic carbocycles. The van der Waals surface area contributed by atoms with Gasteiger partial charge in [-0.25, -0.2) is 0 Å². The molecule has 0 amide bonds. The first-order valence-electron chi connectivity index (χ1n) is 10.6. The Balaban J connectivity index is 1.73. The molecule has 164 valence electrons. The topological polar surface area (TPSA) is 26.0 Å². The average molecular weight is 474 g/mol. The van der Waals surface area contributed by atoms with E-state index in [4.69, 9.17) is 15.7 Å². The van der Waals surface area contributed by atoms with Crippen molar-refractivity contribution in [3.05, 3.63) is 121 Å². The summed E-state index contributed by atoms with van der Waals surface area (Å²) in [7, 11) is 0. The van der Waals surface area contributed by atoms with E-state index in [9.17, 15) is 4.39 Å². The first kappa shape index (κ1) is 21.6. The third-order valence-corrected chi connectivity index (χ3v) is 12.4. The van der Waals surface area contributed by atoms with Crippen LogP contribution >= 0.6 is 17.2 Å². The fourth-order valence-electron chi connectivity index (χ4n) is 4.26. The van der Waals surface area contributed by atoms with Crippen molar-refractivity contribution in [1.29, 1.82) is 0 Å². The van der Waals surface area contributed by atoms with Crippen LogP contribution in [0, 0.1) is 5.82 Å². The Labute approximate surface area is 197 Å². The molecule has 0 bridgehead atoms. The molecule has 33 heavy (non-hydrogen) atoms. The zero-order chi connectivity index (χ0) is 22.9.